The number of rotatable bonds is 6. The Morgan fingerprint density at radius 2 is 2.19 bits per heavy atom. The van der Waals surface area contributed by atoms with E-state index in [1.165, 1.54) is 0 Å². The molecule has 2 N–H and O–H groups in total. The first-order valence-electron chi connectivity index (χ1n) is 7.29. The van der Waals surface area contributed by atoms with Crippen LogP contribution < -0.4 is 5.32 Å². The molecule has 2 rings (SSSR count). The number of ether oxygens (including phenoxy) is 1. The van der Waals surface area contributed by atoms with Crippen LogP contribution in [0.2, 0.25) is 0 Å². The van der Waals surface area contributed by atoms with E-state index in [2.05, 4.69) is 5.32 Å². The van der Waals surface area contributed by atoms with Gasteiger partial charge in [-0.05, 0) is 30.4 Å². The van der Waals surface area contributed by atoms with E-state index in [1.54, 1.807) is 6.92 Å². The maximum atomic E-state index is 12.2. The lowest BCUT2D eigenvalue weighted by atomic mass is 9.97. The quantitative estimate of drug-likeness (QED) is 0.785. The second-order valence-electron chi connectivity index (χ2n) is 5.37. The molecule has 1 heterocycles. The van der Waals surface area contributed by atoms with E-state index in [-0.39, 0.29) is 11.8 Å². The van der Waals surface area contributed by atoms with E-state index in [0.29, 0.717) is 26.0 Å². The minimum atomic E-state index is -0.800. The van der Waals surface area contributed by atoms with Crippen LogP contribution in [0.3, 0.4) is 0 Å². The molecule has 5 heteroatoms. The fourth-order valence-corrected chi connectivity index (χ4v) is 2.45. The van der Waals surface area contributed by atoms with E-state index < -0.39 is 12.1 Å². The predicted molar refractivity (Wildman–Crippen MR) is 77.9 cm³/mol. The van der Waals surface area contributed by atoms with Crippen LogP contribution in [0.15, 0.2) is 24.3 Å². The van der Waals surface area contributed by atoms with Gasteiger partial charge in [0.25, 0.3) is 5.91 Å². The summed E-state index contributed by atoms with van der Waals surface area (Å²) in [6, 6.07) is 7.81. The second kappa shape index (κ2) is 7.22. The SMILES string of the molecule is CC(CCCNC(=O)C1OCCc2ccccc21)C(=O)O. The van der Waals surface area contributed by atoms with E-state index in [9.17, 15) is 9.59 Å². The number of benzene rings is 1. The van der Waals surface area contributed by atoms with Crippen LogP contribution >= 0.6 is 0 Å². The summed E-state index contributed by atoms with van der Waals surface area (Å²) in [6.45, 7) is 2.69. The first-order chi connectivity index (χ1) is 10.1. The van der Waals surface area contributed by atoms with Gasteiger partial charge in [-0.25, -0.2) is 0 Å². The Labute approximate surface area is 124 Å². The highest BCUT2D eigenvalue weighted by atomic mass is 16.5. The summed E-state index contributed by atoms with van der Waals surface area (Å²) in [4.78, 5) is 22.9. The average Bonchev–Trinajstić information content (AvgIpc) is 2.50. The third kappa shape index (κ3) is 4.04. The predicted octanol–water partition coefficient (Wildman–Crippen LogP) is 1.92. The van der Waals surface area contributed by atoms with Crippen LogP contribution in [-0.2, 0) is 20.7 Å². The van der Waals surface area contributed by atoms with Crippen molar-refractivity contribution in [2.75, 3.05) is 13.2 Å². The fraction of sp³-hybridized carbons (Fsp3) is 0.500. The van der Waals surface area contributed by atoms with Gasteiger partial charge in [0, 0.05) is 6.54 Å². The van der Waals surface area contributed by atoms with Gasteiger partial charge < -0.3 is 15.2 Å². The molecule has 0 bridgehead atoms. The van der Waals surface area contributed by atoms with Crippen molar-refractivity contribution in [2.45, 2.75) is 32.3 Å². The molecule has 1 aromatic rings. The van der Waals surface area contributed by atoms with Crippen molar-refractivity contribution >= 4 is 11.9 Å². The lowest BCUT2D eigenvalue weighted by Crippen LogP contribution is -2.34. The molecule has 0 spiro atoms. The van der Waals surface area contributed by atoms with Gasteiger partial charge in [0.15, 0.2) is 6.10 Å². The number of hydrogen-bond donors (Lipinski definition) is 2. The average molecular weight is 291 g/mol. The molecule has 1 aliphatic rings. The highest BCUT2D eigenvalue weighted by Crippen LogP contribution is 2.26. The molecule has 2 atom stereocenters. The summed E-state index contributed by atoms with van der Waals surface area (Å²) < 4.78 is 5.58. The molecule has 0 saturated heterocycles. The van der Waals surface area contributed by atoms with Gasteiger partial charge in [0.05, 0.1) is 12.5 Å². The Morgan fingerprint density at radius 3 is 2.95 bits per heavy atom. The second-order valence-corrected chi connectivity index (χ2v) is 5.37. The van der Waals surface area contributed by atoms with Gasteiger partial charge in [0.2, 0.25) is 0 Å². The summed E-state index contributed by atoms with van der Waals surface area (Å²) in [7, 11) is 0. The number of hydrogen-bond acceptors (Lipinski definition) is 3. The molecule has 21 heavy (non-hydrogen) atoms. The number of aliphatic carboxylic acids is 1. The topological polar surface area (TPSA) is 75.6 Å². The number of carboxylic acids is 1. The Morgan fingerprint density at radius 1 is 1.43 bits per heavy atom. The largest absolute Gasteiger partial charge is 0.481 e. The molecule has 1 aliphatic heterocycles. The van der Waals surface area contributed by atoms with Gasteiger partial charge >= 0.3 is 5.97 Å². The molecule has 1 aromatic carbocycles. The Balaban J connectivity index is 1.83. The number of carbonyl (C=O) groups excluding carboxylic acids is 1. The first-order valence-corrected chi connectivity index (χ1v) is 7.29. The van der Waals surface area contributed by atoms with Crippen LogP contribution in [0.5, 0.6) is 0 Å². The summed E-state index contributed by atoms with van der Waals surface area (Å²) in [6.07, 6.45) is 1.48. The van der Waals surface area contributed by atoms with Crippen molar-refractivity contribution in [2.24, 2.45) is 5.92 Å². The molecule has 114 valence electrons. The Hall–Kier alpha value is -1.88. The number of carboxylic acid groups (broad SMARTS) is 1. The van der Waals surface area contributed by atoms with Gasteiger partial charge in [-0.1, -0.05) is 31.2 Å². The standard InChI is InChI=1S/C16H21NO4/c1-11(16(19)20)5-4-9-17-15(18)14-13-7-3-2-6-12(13)8-10-21-14/h2-3,6-7,11,14H,4-5,8-10H2,1H3,(H,17,18)(H,19,20). The summed E-state index contributed by atoms with van der Waals surface area (Å²) >= 11 is 0. The smallest absolute Gasteiger partial charge is 0.306 e. The zero-order valence-corrected chi connectivity index (χ0v) is 12.2. The Bertz CT molecular complexity index is 515. The third-order valence-corrected chi connectivity index (χ3v) is 3.77. The third-order valence-electron chi connectivity index (χ3n) is 3.77. The molecule has 0 aromatic heterocycles. The van der Waals surface area contributed by atoms with Crippen molar-refractivity contribution in [1.29, 1.82) is 0 Å². The van der Waals surface area contributed by atoms with Gasteiger partial charge in [-0.3, -0.25) is 9.59 Å². The highest BCUT2D eigenvalue weighted by Gasteiger charge is 2.26. The number of carbonyl (C=O) groups is 2. The van der Waals surface area contributed by atoms with Crippen LogP contribution in [0.1, 0.15) is 37.0 Å². The molecule has 2 unspecified atom stereocenters. The number of nitrogens with one attached hydrogen (secondary N) is 1. The van der Waals surface area contributed by atoms with Crippen LogP contribution in [0.25, 0.3) is 0 Å². The monoisotopic (exact) mass is 291 g/mol. The minimum absolute atomic E-state index is 0.148. The number of amides is 1. The molecular weight excluding hydrogens is 270 g/mol. The van der Waals surface area contributed by atoms with Crippen molar-refractivity contribution in [1.82, 2.24) is 5.32 Å². The highest BCUT2D eigenvalue weighted by molar-refractivity contribution is 5.82. The summed E-state index contributed by atoms with van der Waals surface area (Å²) in [5.41, 5.74) is 2.09. The zero-order chi connectivity index (χ0) is 15.2. The van der Waals surface area contributed by atoms with Crippen LogP contribution in [0, 0.1) is 5.92 Å². The molecule has 0 aliphatic carbocycles. The van der Waals surface area contributed by atoms with E-state index in [4.69, 9.17) is 9.84 Å². The van der Waals surface area contributed by atoms with Gasteiger partial charge in [-0.2, -0.15) is 0 Å². The van der Waals surface area contributed by atoms with Crippen molar-refractivity contribution < 1.29 is 19.4 Å². The normalized spacial score (nSPS) is 18.6. The van der Waals surface area contributed by atoms with E-state index in [0.717, 1.165) is 17.5 Å². The Kier molecular flexibility index (Phi) is 5.33. The maximum absolute atomic E-state index is 12.2. The lowest BCUT2D eigenvalue weighted by molar-refractivity contribution is -0.141. The van der Waals surface area contributed by atoms with Crippen LogP contribution in [-0.4, -0.2) is 30.1 Å². The molecule has 0 radical (unpaired) electrons. The molecule has 1 amide bonds. The van der Waals surface area contributed by atoms with Gasteiger partial charge in [-0.15, -0.1) is 0 Å². The minimum Gasteiger partial charge on any atom is -0.481 e. The summed E-state index contributed by atoms with van der Waals surface area (Å²) in [5, 5.41) is 11.6. The molecule has 0 saturated carbocycles. The number of fused-ring (bicyclic) bond motifs is 1. The van der Waals surface area contributed by atoms with E-state index in [1.807, 2.05) is 24.3 Å². The van der Waals surface area contributed by atoms with Crippen molar-refractivity contribution in [3.63, 3.8) is 0 Å². The molecule has 5 nitrogen and oxygen atoms in total. The van der Waals surface area contributed by atoms with Crippen molar-refractivity contribution in [3.8, 4) is 0 Å². The lowest BCUT2D eigenvalue weighted by Gasteiger charge is -2.25. The zero-order valence-electron chi connectivity index (χ0n) is 12.2. The molecule has 0 fully saturated rings. The summed E-state index contributed by atoms with van der Waals surface area (Å²) in [5.74, 6) is -1.33. The first kappa shape index (κ1) is 15.5. The van der Waals surface area contributed by atoms with E-state index >= 15 is 0 Å². The maximum Gasteiger partial charge on any atom is 0.306 e. The van der Waals surface area contributed by atoms with Crippen molar-refractivity contribution in [3.05, 3.63) is 35.4 Å². The molecular formula is C16H21NO4. The fourth-order valence-electron chi connectivity index (χ4n) is 2.45. The van der Waals surface area contributed by atoms with Crippen LogP contribution in [0.4, 0.5) is 0 Å². The van der Waals surface area contributed by atoms with Gasteiger partial charge in [0.1, 0.15) is 0 Å².